The third-order valence-corrected chi connectivity index (χ3v) is 7.23. The molecule has 9 heteroatoms. The highest BCUT2D eigenvalue weighted by molar-refractivity contribution is 7.16. The molecule has 0 saturated heterocycles. The van der Waals surface area contributed by atoms with Gasteiger partial charge in [-0.25, -0.2) is 4.68 Å². The van der Waals surface area contributed by atoms with E-state index in [0.717, 1.165) is 32.8 Å². The minimum Gasteiger partial charge on any atom is -0.365 e. The number of carbonyl (C=O) groups excluding carboxylic acids is 2. The summed E-state index contributed by atoms with van der Waals surface area (Å²) in [6.45, 7) is 9.28. The molecule has 1 atom stereocenters. The fourth-order valence-electron chi connectivity index (χ4n) is 4.37. The molecule has 1 unspecified atom stereocenters. The van der Waals surface area contributed by atoms with Crippen LogP contribution in [0.1, 0.15) is 51.4 Å². The van der Waals surface area contributed by atoms with Crippen molar-refractivity contribution in [3.63, 3.8) is 0 Å². The number of rotatable bonds is 6. The lowest BCUT2D eigenvalue weighted by Gasteiger charge is -2.20. The minimum atomic E-state index is -0.822. The first-order valence-electron chi connectivity index (χ1n) is 11.0. The molecule has 0 aliphatic rings. The van der Waals surface area contributed by atoms with Crippen LogP contribution in [0, 0.1) is 27.7 Å². The van der Waals surface area contributed by atoms with Crippen LogP contribution in [0.5, 0.6) is 0 Å². The molecule has 1 aromatic carbocycles. The highest BCUT2D eigenvalue weighted by Gasteiger charge is 2.28. The second kappa shape index (κ2) is 8.90. The number of carbonyl (C=O) groups is 2. The Morgan fingerprint density at radius 3 is 2.44 bits per heavy atom. The topological polar surface area (TPSA) is 112 Å². The van der Waals surface area contributed by atoms with Gasteiger partial charge in [-0.2, -0.15) is 5.10 Å². The number of hydrogen-bond donors (Lipinski definition) is 2. The summed E-state index contributed by atoms with van der Waals surface area (Å²) in [7, 11) is 0. The maximum absolute atomic E-state index is 13.5. The second-order valence-corrected chi connectivity index (χ2v) is 9.56. The van der Waals surface area contributed by atoms with Crippen LogP contribution in [0.2, 0.25) is 0 Å². The van der Waals surface area contributed by atoms with E-state index in [2.05, 4.69) is 5.32 Å². The molecule has 0 aliphatic heterocycles. The van der Waals surface area contributed by atoms with Crippen molar-refractivity contribution in [3.05, 3.63) is 74.0 Å². The van der Waals surface area contributed by atoms with Gasteiger partial charge in [0.05, 0.1) is 16.9 Å². The molecular formula is C25H27N5O3S. The van der Waals surface area contributed by atoms with Gasteiger partial charge in [0, 0.05) is 16.3 Å². The molecule has 0 bridgehead atoms. The zero-order valence-electron chi connectivity index (χ0n) is 19.8. The monoisotopic (exact) mass is 477 g/mol. The van der Waals surface area contributed by atoms with E-state index in [1.54, 1.807) is 11.6 Å². The van der Waals surface area contributed by atoms with Gasteiger partial charge in [0.15, 0.2) is 0 Å². The van der Waals surface area contributed by atoms with Crippen molar-refractivity contribution in [2.75, 3.05) is 5.32 Å². The average molecular weight is 478 g/mol. The van der Waals surface area contributed by atoms with E-state index in [1.807, 2.05) is 58.0 Å². The molecule has 8 nitrogen and oxygen atoms in total. The molecule has 0 saturated carbocycles. The standard InChI is InChI=1S/C25H27N5O3S/c1-6-18(23(33)27-24-21(22(26)32)14(3)16(5)34-24)29-19(31)12-13(2)20-15(4)28-30(25(20)29)17-10-8-7-9-11-17/h7-12,18H,6H2,1-5H3,(H2,26,32)(H,27,33). The number of thiophene rings is 1. The van der Waals surface area contributed by atoms with E-state index in [1.165, 1.54) is 22.0 Å². The molecule has 0 aliphatic carbocycles. The summed E-state index contributed by atoms with van der Waals surface area (Å²) >= 11 is 1.30. The van der Waals surface area contributed by atoms with Crippen LogP contribution in [0.3, 0.4) is 0 Å². The van der Waals surface area contributed by atoms with Gasteiger partial charge in [-0.3, -0.25) is 19.0 Å². The molecule has 2 amide bonds. The molecular weight excluding hydrogens is 450 g/mol. The smallest absolute Gasteiger partial charge is 0.253 e. The predicted molar refractivity (Wildman–Crippen MR) is 135 cm³/mol. The first-order valence-corrected chi connectivity index (χ1v) is 11.8. The zero-order chi connectivity index (χ0) is 24.7. The van der Waals surface area contributed by atoms with Crippen molar-refractivity contribution >= 4 is 39.2 Å². The van der Waals surface area contributed by atoms with Crippen LogP contribution < -0.4 is 16.6 Å². The number of hydrogen-bond acceptors (Lipinski definition) is 5. The lowest BCUT2D eigenvalue weighted by atomic mass is 10.1. The summed E-state index contributed by atoms with van der Waals surface area (Å²) in [5.74, 6) is -0.991. The number of aryl methyl sites for hydroxylation is 3. The lowest BCUT2D eigenvalue weighted by Crippen LogP contribution is -2.34. The summed E-state index contributed by atoms with van der Waals surface area (Å²) in [5.41, 5.74) is 9.24. The van der Waals surface area contributed by atoms with E-state index in [9.17, 15) is 14.4 Å². The summed E-state index contributed by atoms with van der Waals surface area (Å²) in [4.78, 5) is 39.8. The molecule has 0 fully saturated rings. The Labute approximate surface area is 201 Å². The largest absolute Gasteiger partial charge is 0.365 e. The Kier molecular flexibility index (Phi) is 6.14. The van der Waals surface area contributed by atoms with Gasteiger partial charge in [0.2, 0.25) is 5.91 Å². The van der Waals surface area contributed by atoms with Crippen LogP contribution in [0.25, 0.3) is 16.7 Å². The highest BCUT2D eigenvalue weighted by atomic mass is 32.1. The molecule has 0 radical (unpaired) electrons. The van der Waals surface area contributed by atoms with Gasteiger partial charge < -0.3 is 11.1 Å². The van der Waals surface area contributed by atoms with Crippen LogP contribution >= 0.6 is 11.3 Å². The van der Waals surface area contributed by atoms with Crippen LogP contribution in [-0.4, -0.2) is 26.2 Å². The zero-order valence-corrected chi connectivity index (χ0v) is 20.6. The first kappa shape index (κ1) is 23.4. The summed E-state index contributed by atoms with van der Waals surface area (Å²) in [6.07, 6.45) is 0.359. The van der Waals surface area contributed by atoms with Gasteiger partial charge in [0.1, 0.15) is 16.7 Å². The van der Waals surface area contributed by atoms with E-state index >= 15 is 0 Å². The average Bonchev–Trinajstić information content (AvgIpc) is 3.27. The van der Waals surface area contributed by atoms with Gasteiger partial charge in [-0.05, 0) is 57.4 Å². The van der Waals surface area contributed by atoms with Crippen molar-refractivity contribution in [2.24, 2.45) is 5.73 Å². The molecule has 34 heavy (non-hydrogen) atoms. The number of primary amides is 1. The Hall–Kier alpha value is -3.72. The normalized spacial score (nSPS) is 12.1. The fraction of sp³-hybridized carbons (Fsp3) is 0.280. The van der Waals surface area contributed by atoms with Crippen LogP contribution in [-0.2, 0) is 4.79 Å². The van der Waals surface area contributed by atoms with Gasteiger partial charge in [-0.1, -0.05) is 25.1 Å². The number of nitrogens with two attached hydrogens (primary N) is 1. The maximum Gasteiger partial charge on any atom is 0.253 e. The number of benzene rings is 1. The maximum atomic E-state index is 13.5. The first-order chi connectivity index (χ1) is 16.1. The molecule has 0 spiro atoms. The number of nitrogens with one attached hydrogen (secondary N) is 1. The number of amides is 2. The Morgan fingerprint density at radius 1 is 1.15 bits per heavy atom. The van der Waals surface area contributed by atoms with Crippen molar-refractivity contribution in [3.8, 4) is 5.69 Å². The third kappa shape index (κ3) is 3.81. The number of para-hydroxylation sites is 1. The molecule has 4 aromatic rings. The van der Waals surface area contributed by atoms with Crippen molar-refractivity contribution < 1.29 is 9.59 Å². The highest BCUT2D eigenvalue weighted by Crippen LogP contribution is 2.33. The number of pyridine rings is 1. The molecule has 3 N–H and O–H groups in total. The SMILES string of the molecule is CCC(C(=O)Nc1sc(C)c(C)c1C(N)=O)n1c(=O)cc(C)c2c(C)nn(-c3ccccc3)c21. The number of fused-ring (bicyclic) bond motifs is 1. The van der Waals surface area contributed by atoms with E-state index < -0.39 is 17.9 Å². The van der Waals surface area contributed by atoms with Gasteiger partial charge in [-0.15, -0.1) is 11.3 Å². The van der Waals surface area contributed by atoms with E-state index in [0.29, 0.717) is 22.6 Å². The number of nitrogens with zero attached hydrogens (tertiary/aromatic N) is 3. The molecule has 3 heterocycles. The quantitative estimate of drug-likeness (QED) is 0.434. The van der Waals surface area contributed by atoms with Crippen molar-refractivity contribution in [2.45, 2.75) is 47.1 Å². The molecule has 176 valence electrons. The Bertz CT molecular complexity index is 1480. The van der Waals surface area contributed by atoms with Crippen molar-refractivity contribution in [1.29, 1.82) is 0 Å². The predicted octanol–water partition coefficient (Wildman–Crippen LogP) is 4.17. The second-order valence-electron chi connectivity index (χ2n) is 8.33. The van der Waals surface area contributed by atoms with E-state index in [4.69, 9.17) is 10.8 Å². The lowest BCUT2D eigenvalue weighted by molar-refractivity contribution is -0.119. The number of aromatic nitrogens is 3. The molecule has 3 aromatic heterocycles. The molecule has 4 rings (SSSR count). The van der Waals surface area contributed by atoms with Gasteiger partial charge >= 0.3 is 0 Å². The van der Waals surface area contributed by atoms with Crippen LogP contribution in [0.15, 0.2) is 41.2 Å². The summed E-state index contributed by atoms with van der Waals surface area (Å²) in [5, 5.41) is 8.79. The van der Waals surface area contributed by atoms with Gasteiger partial charge in [0.25, 0.3) is 11.5 Å². The summed E-state index contributed by atoms with van der Waals surface area (Å²) < 4.78 is 3.21. The van der Waals surface area contributed by atoms with E-state index in [-0.39, 0.29) is 5.56 Å². The van der Waals surface area contributed by atoms with Crippen LogP contribution in [0.4, 0.5) is 5.00 Å². The Balaban J connectivity index is 1.90. The number of anilines is 1. The Morgan fingerprint density at radius 2 is 1.82 bits per heavy atom. The third-order valence-electron chi connectivity index (χ3n) is 6.11. The van der Waals surface area contributed by atoms with Crippen molar-refractivity contribution in [1.82, 2.24) is 14.3 Å². The fourth-order valence-corrected chi connectivity index (χ4v) is 5.44. The summed E-state index contributed by atoms with van der Waals surface area (Å²) in [6, 6.07) is 10.2. The minimum absolute atomic E-state index is 0.294.